The van der Waals surface area contributed by atoms with Crippen LogP contribution in [0.2, 0.25) is 0 Å². The highest BCUT2D eigenvalue weighted by Crippen LogP contribution is 2.43. The Bertz CT molecular complexity index is 782. The third kappa shape index (κ3) is 38.5. The van der Waals surface area contributed by atoms with Crippen LogP contribution in [0, 0.1) is 0 Å². The molecule has 0 amide bonds. The van der Waals surface area contributed by atoms with Crippen LogP contribution in [-0.4, -0.2) is 49.9 Å². The van der Waals surface area contributed by atoms with Crippen molar-refractivity contribution in [1.29, 1.82) is 0 Å². The first kappa shape index (κ1) is 49.2. The Kier molecular flexibility index (Phi) is 38.8. The van der Waals surface area contributed by atoms with Crippen molar-refractivity contribution < 1.29 is 32.8 Å². The molecule has 0 saturated heterocycles. The summed E-state index contributed by atoms with van der Waals surface area (Å²) in [5.74, 6) is -0.329. The minimum atomic E-state index is -4.27. The molecule has 3 N–H and O–H groups in total. The Morgan fingerprint density at radius 2 is 1.00 bits per heavy atom. The molecule has 0 heterocycles. The van der Waals surface area contributed by atoms with Crippen molar-refractivity contribution in [3.8, 4) is 0 Å². The molecule has 2 atom stereocenters. The van der Waals surface area contributed by atoms with Gasteiger partial charge in [-0.25, -0.2) is 4.57 Å². The topological polar surface area (TPSA) is 117 Å². The summed E-state index contributed by atoms with van der Waals surface area (Å²) in [5.41, 5.74) is 5.36. The highest BCUT2D eigenvalue weighted by Gasteiger charge is 2.25. The van der Waals surface area contributed by atoms with Gasteiger partial charge in [0.25, 0.3) is 0 Å². The molecule has 9 heteroatoms. The number of nitrogens with two attached hydrogens (primary N) is 1. The second-order valence-corrected chi connectivity index (χ2v) is 15.7. The van der Waals surface area contributed by atoms with Gasteiger partial charge in [-0.1, -0.05) is 174 Å². The second-order valence-electron chi connectivity index (χ2n) is 14.2. The summed E-state index contributed by atoms with van der Waals surface area (Å²) in [6, 6.07) is 0. The standard InChI is InChI=1S/C41H82NO7P/c1-3-5-7-9-11-13-15-17-18-19-20-21-23-25-27-29-31-33-36-46-38-40(39-48-50(44,45)47-37-35-42)49-41(43)34-32-30-28-26-24-22-16-14-12-10-8-6-4-2/h17-18,40H,3-16,19-39,42H2,1-2H3,(H,44,45)/b18-17-. The van der Waals surface area contributed by atoms with Gasteiger partial charge in [-0.05, 0) is 38.5 Å². The number of hydrogen-bond donors (Lipinski definition) is 2. The molecule has 0 spiro atoms. The van der Waals surface area contributed by atoms with Gasteiger partial charge in [0.2, 0.25) is 0 Å². The van der Waals surface area contributed by atoms with E-state index < -0.39 is 13.9 Å². The summed E-state index contributed by atoms with van der Waals surface area (Å²) in [4.78, 5) is 22.4. The van der Waals surface area contributed by atoms with Gasteiger partial charge in [0.05, 0.1) is 19.8 Å². The van der Waals surface area contributed by atoms with Crippen LogP contribution in [0.4, 0.5) is 0 Å². The Morgan fingerprint density at radius 1 is 0.580 bits per heavy atom. The van der Waals surface area contributed by atoms with Gasteiger partial charge in [-0.3, -0.25) is 13.8 Å². The van der Waals surface area contributed by atoms with Gasteiger partial charge < -0.3 is 20.1 Å². The van der Waals surface area contributed by atoms with Crippen molar-refractivity contribution in [3.63, 3.8) is 0 Å². The van der Waals surface area contributed by atoms with Crippen LogP contribution < -0.4 is 5.73 Å². The Balaban J connectivity index is 4.00. The van der Waals surface area contributed by atoms with Crippen molar-refractivity contribution in [3.05, 3.63) is 12.2 Å². The van der Waals surface area contributed by atoms with Crippen LogP contribution in [0.5, 0.6) is 0 Å². The number of carbonyl (C=O) groups excluding carboxylic acids is 1. The molecule has 8 nitrogen and oxygen atoms in total. The average Bonchev–Trinajstić information content (AvgIpc) is 3.10. The number of phosphoric acid groups is 1. The lowest BCUT2D eigenvalue weighted by Crippen LogP contribution is -2.28. The second kappa shape index (κ2) is 39.4. The molecule has 0 aliphatic rings. The van der Waals surface area contributed by atoms with Crippen LogP contribution in [0.3, 0.4) is 0 Å². The zero-order valence-corrected chi connectivity index (χ0v) is 33.8. The summed E-state index contributed by atoms with van der Waals surface area (Å²) in [7, 11) is -4.27. The number of esters is 1. The molecule has 0 aromatic rings. The molecule has 298 valence electrons. The van der Waals surface area contributed by atoms with Crippen molar-refractivity contribution in [2.24, 2.45) is 5.73 Å². The van der Waals surface area contributed by atoms with Crippen LogP contribution in [0.15, 0.2) is 12.2 Å². The molecule has 0 aliphatic heterocycles. The van der Waals surface area contributed by atoms with Gasteiger partial charge in [0.1, 0.15) is 6.10 Å². The fourth-order valence-electron chi connectivity index (χ4n) is 6.05. The molecule has 0 bridgehead atoms. The van der Waals surface area contributed by atoms with Crippen molar-refractivity contribution >= 4 is 13.8 Å². The Labute approximate surface area is 309 Å². The van der Waals surface area contributed by atoms with E-state index in [0.29, 0.717) is 13.0 Å². The van der Waals surface area contributed by atoms with Crippen LogP contribution in [-0.2, 0) is 27.9 Å². The van der Waals surface area contributed by atoms with E-state index in [9.17, 15) is 14.3 Å². The molecule has 0 aliphatic carbocycles. The van der Waals surface area contributed by atoms with Crippen LogP contribution in [0.25, 0.3) is 0 Å². The first-order valence-electron chi connectivity index (χ1n) is 21.2. The van der Waals surface area contributed by atoms with Gasteiger partial charge in [-0.15, -0.1) is 0 Å². The summed E-state index contributed by atoms with van der Waals surface area (Å²) in [6.07, 6.45) is 40.8. The van der Waals surface area contributed by atoms with E-state index in [2.05, 4.69) is 26.0 Å². The number of unbranched alkanes of at least 4 members (excludes halogenated alkanes) is 26. The summed E-state index contributed by atoms with van der Waals surface area (Å²) in [6.45, 7) is 4.94. The first-order valence-corrected chi connectivity index (χ1v) is 22.7. The molecule has 50 heavy (non-hydrogen) atoms. The summed E-state index contributed by atoms with van der Waals surface area (Å²) >= 11 is 0. The lowest BCUT2D eigenvalue weighted by molar-refractivity contribution is -0.154. The molecule has 0 rings (SSSR count). The lowest BCUT2D eigenvalue weighted by Gasteiger charge is -2.20. The SMILES string of the molecule is CCCCCCCC/C=C\CCCCCCCCCCOCC(COP(=O)(O)OCCN)OC(=O)CCCCCCCCCCCCCCC. The van der Waals surface area contributed by atoms with E-state index in [-0.39, 0.29) is 32.3 Å². The molecule has 0 saturated carbocycles. The smallest absolute Gasteiger partial charge is 0.457 e. The van der Waals surface area contributed by atoms with E-state index in [0.717, 1.165) is 32.1 Å². The Hall–Kier alpha value is -0.760. The summed E-state index contributed by atoms with van der Waals surface area (Å²) < 4.78 is 33.4. The first-order chi connectivity index (χ1) is 24.4. The number of ether oxygens (including phenoxy) is 2. The van der Waals surface area contributed by atoms with Crippen LogP contribution in [0.1, 0.15) is 206 Å². The predicted molar refractivity (Wildman–Crippen MR) is 210 cm³/mol. The fraction of sp³-hybridized carbons (Fsp3) is 0.927. The van der Waals surface area contributed by atoms with Crippen LogP contribution >= 0.6 is 7.82 Å². The molecule has 0 fully saturated rings. The van der Waals surface area contributed by atoms with Crippen molar-refractivity contribution in [2.45, 2.75) is 213 Å². The van der Waals surface area contributed by atoms with Gasteiger partial charge in [-0.2, -0.15) is 0 Å². The minimum absolute atomic E-state index is 0.0928. The molecular formula is C41H82NO7P. The van der Waals surface area contributed by atoms with E-state index >= 15 is 0 Å². The average molecular weight is 732 g/mol. The maximum absolute atomic E-state index is 12.5. The zero-order chi connectivity index (χ0) is 36.6. The molecular weight excluding hydrogens is 649 g/mol. The Morgan fingerprint density at radius 3 is 1.46 bits per heavy atom. The maximum Gasteiger partial charge on any atom is 0.472 e. The summed E-state index contributed by atoms with van der Waals surface area (Å²) in [5, 5.41) is 0. The largest absolute Gasteiger partial charge is 0.472 e. The monoisotopic (exact) mass is 732 g/mol. The molecule has 0 aromatic heterocycles. The third-order valence-corrected chi connectivity index (χ3v) is 10.2. The number of phosphoric ester groups is 1. The number of allylic oxidation sites excluding steroid dienone is 2. The van der Waals surface area contributed by atoms with Gasteiger partial charge in [0.15, 0.2) is 0 Å². The van der Waals surface area contributed by atoms with E-state index in [1.165, 1.54) is 154 Å². The lowest BCUT2D eigenvalue weighted by atomic mass is 10.0. The maximum atomic E-state index is 12.5. The van der Waals surface area contributed by atoms with Gasteiger partial charge >= 0.3 is 13.8 Å². The van der Waals surface area contributed by atoms with E-state index in [4.69, 9.17) is 24.3 Å². The predicted octanol–water partition coefficient (Wildman–Crippen LogP) is 12.3. The molecule has 0 radical (unpaired) electrons. The highest BCUT2D eigenvalue weighted by molar-refractivity contribution is 7.47. The third-order valence-electron chi connectivity index (χ3n) is 9.18. The fourth-order valence-corrected chi connectivity index (χ4v) is 6.82. The zero-order valence-electron chi connectivity index (χ0n) is 32.9. The molecule has 0 aromatic carbocycles. The number of hydrogen-bond acceptors (Lipinski definition) is 7. The van der Waals surface area contributed by atoms with Crippen molar-refractivity contribution in [1.82, 2.24) is 0 Å². The molecule has 2 unspecified atom stereocenters. The van der Waals surface area contributed by atoms with Gasteiger partial charge in [0, 0.05) is 19.6 Å². The normalized spacial score (nSPS) is 13.6. The van der Waals surface area contributed by atoms with E-state index in [1.807, 2.05) is 0 Å². The number of rotatable bonds is 41. The van der Waals surface area contributed by atoms with Crippen molar-refractivity contribution in [2.75, 3.05) is 33.0 Å². The quantitative estimate of drug-likeness (QED) is 0.0276. The minimum Gasteiger partial charge on any atom is -0.457 e. The number of carbonyl (C=O) groups is 1. The highest BCUT2D eigenvalue weighted by atomic mass is 31.2. The van der Waals surface area contributed by atoms with E-state index in [1.54, 1.807) is 0 Å².